The number of carbonyl (C=O) groups is 1. The van der Waals surface area contributed by atoms with Crippen LogP contribution >= 0.6 is 11.8 Å². The van der Waals surface area contributed by atoms with Crippen LogP contribution in [0.2, 0.25) is 0 Å². The number of rotatable bonds is 7. The van der Waals surface area contributed by atoms with E-state index < -0.39 is 11.0 Å². The van der Waals surface area contributed by atoms with Gasteiger partial charge in [-0.25, -0.2) is 4.79 Å². The van der Waals surface area contributed by atoms with Crippen LogP contribution in [0, 0.1) is 0 Å². The Hall–Kier alpha value is -1.56. The second-order valence-corrected chi connectivity index (χ2v) is 10.2. The summed E-state index contributed by atoms with van der Waals surface area (Å²) in [5.41, 5.74) is 1.15. The molecule has 1 aromatic carbocycles. The van der Waals surface area contributed by atoms with Crippen LogP contribution in [0.5, 0.6) is 0 Å². The first-order valence-electron chi connectivity index (χ1n) is 8.90. The number of hydrogen-bond donors (Lipinski definition) is 1. The van der Waals surface area contributed by atoms with E-state index in [9.17, 15) is 4.79 Å². The first kappa shape index (κ1) is 22.5. The van der Waals surface area contributed by atoms with E-state index >= 15 is 0 Å². The molecule has 1 N–H and O–H groups in total. The molecule has 1 unspecified atom stereocenters. The summed E-state index contributed by atoms with van der Waals surface area (Å²) < 4.78 is 4.62. The van der Waals surface area contributed by atoms with Gasteiger partial charge in [-0.1, -0.05) is 44.7 Å². The molecule has 0 saturated carbocycles. The van der Waals surface area contributed by atoms with E-state index in [2.05, 4.69) is 60.0 Å². The predicted molar refractivity (Wildman–Crippen MR) is 107 cm³/mol. The minimum absolute atomic E-state index is 0.118. The van der Waals surface area contributed by atoms with Crippen LogP contribution in [-0.2, 0) is 10.2 Å². The van der Waals surface area contributed by atoms with Gasteiger partial charge in [-0.15, -0.1) is 0 Å². The lowest BCUT2D eigenvalue weighted by Gasteiger charge is -2.25. The molecule has 26 heavy (non-hydrogen) atoms. The summed E-state index contributed by atoms with van der Waals surface area (Å²) >= 11 is 1.65. The van der Waals surface area contributed by atoms with Gasteiger partial charge >= 0.3 is 6.16 Å². The number of nitrogens with zero attached hydrogens (tertiary/aromatic N) is 2. The Labute approximate surface area is 161 Å². The van der Waals surface area contributed by atoms with Gasteiger partial charge in [0.15, 0.2) is 0 Å². The van der Waals surface area contributed by atoms with Gasteiger partial charge in [0.2, 0.25) is 0 Å². The molecular weight excluding hydrogens is 348 g/mol. The summed E-state index contributed by atoms with van der Waals surface area (Å²) in [5, 5.41) is 17.6. The van der Waals surface area contributed by atoms with Crippen LogP contribution in [0.4, 0.5) is 4.79 Å². The van der Waals surface area contributed by atoms with E-state index in [0.29, 0.717) is 12.8 Å². The molecule has 0 aliphatic rings. The summed E-state index contributed by atoms with van der Waals surface area (Å²) in [5.74, 6) is 0. The molecule has 0 saturated heterocycles. The van der Waals surface area contributed by atoms with Gasteiger partial charge in [0.1, 0.15) is 4.87 Å². The maximum absolute atomic E-state index is 10.5. The van der Waals surface area contributed by atoms with Crippen molar-refractivity contribution in [3.05, 3.63) is 29.8 Å². The maximum Gasteiger partial charge on any atom is 0.505 e. The van der Waals surface area contributed by atoms with Gasteiger partial charge in [-0.2, -0.15) is 10.2 Å². The zero-order chi connectivity index (χ0) is 20.0. The van der Waals surface area contributed by atoms with Crippen LogP contribution in [-0.4, -0.2) is 28.3 Å². The first-order valence-corrected chi connectivity index (χ1v) is 9.72. The molecule has 0 aliphatic heterocycles. The summed E-state index contributed by atoms with van der Waals surface area (Å²) in [6.07, 6.45) is 0.0263. The van der Waals surface area contributed by atoms with E-state index in [4.69, 9.17) is 5.11 Å². The van der Waals surface area contributed by atoms with Crippen LogP contribution in [0.25, 0.3) is 0 Å². The summed E-state index contributed by atoms with van der Waals surface area (Å²) in [7, 11) is 0. The van der Waals surface area contributed by atoms with Crippen LogP contribution < -0.4 is 0 Å². The van der Waals surface area contributed by atoms with Crippen molar-refractivity contribution >= 4 is 17.9 Å². The second-order valence-electron chi connectivity index (χ2n) is 8.64. The molecule has 0 amide bonds. The molecule has 0 fully saturated rings. The normalized spacial score (nSPS) is 15.0. The average molecular weight is 381 g/mol. The number of thioether (sulfide) groups is 1. The fourth-order valence-corrected chi connectivity index (χ4v) is 3.32. The van der Waals surface area contributed by atoms with Gasteiger partial charge < -0.3 is 9.84 Å². The summed E-state index contributed by atoms with van der Waals surface area (Å²) in [4.78, 5) is 11.2. The predicted octanol–water partition coefficient (Wildman–Crippen LogP) is 6.52. The number of ether oxygens (including phenoxy) is 1. The van der Waals surface area contributed by atoms with Crippen molar-refractivity contribution in [1.29, 1.82) is 0 Å². The standard InChI is InChI=1S/C20H32N2O3S/c1-18(2,3)15-9-11-16(12-10-15)26-20(7,22-21-19(4,5)6)13-8-14-25-17(23)24/h9-12H,8,13-14H2,1-7H3,(H,23,24). The van der Waals surface area contributed by atoms with Crippen molar-refractivity contribution in [1.82, 2.24) is 0 Å². The van der Waals surface area contributed by atoms with E-state index in [1.54, 1.807) is 11.8 Å². The summed E-state index contributed by atoms with van der Waals surface area (Å²) in [6, 6.07) is 8.53. The number of carboxylic acid groups (broad SMARTS) is 1. The highest BCUT2D eigenvalue weighted by atomic mass is 32.2. The molecule has 1 rings (SSSR count). The third-order valence-corrected chi connectivity index (χ3v) is 4.86. The Kier molecular flexibility index (Phi) is 7.69. The molecule has 6 heteroatoms. The largest absolute Gasteiger partial charge is 0.505 e. The van der Waals surface area contributed by atoms with Crippen molar-refractivity contribution < 1.29 is 14.6 Å². The molecule has 1 atom stereocenters. The molecular formula is C20H32N2O3S. The number of azo groups is 1. The van der Waals surface area contributed by atoms with Gasteiger partial charge in [0.05, 0.1) is 12.1 Å². The van der Waals surface area contributed by atoms with Crippen molar-refractivity contribution in [3.8, 4) is 0 Å². The molecule has 0 heterocycles. The van der Waals surface area contributed by atoms with Crippen molar-refractivity contribution in [2.24, 2.45) is 10.2 Å². The van der Waals surface area contributed by atoms with Gasteiger partial charge in [0.25, 0.3) is 0 Å². The van der Waals surface area contributed by atoms with E-state index in [0.717, 1.165) is 4.90 Å². The minimum Gasteiger partial charge on any atom is -0.450 e. The highest BCUT2D eigenvalue weighted by Gasteiger charge is 2.27. The molecule has 0 bridgehead atoms. The SMILES string of the molecule is CC(C)(C)N=NC(C)(CCCOC(=O)O)Sc1ccc(C(C)(C)C)cc1. The molecule has 146 valence electrons. The first-order chi connectivity index (χ1) is 11.8. The topological polar surface area (TPSA) is 71.2 Å². The third-order valence-electron chi connectivity index (χ3n) is 3.63. The zero-order valence-corrected chi connectivity index (χ0v) is 17.8. The molecule has 0 radical (unpaired) electrons. The van der Waals surface area contributed by atoms with Gasteiger partial charge in [-0.3, -0.25) is 0 Å². The van der Waals surface area contributed by atoms with E-state index in [1.807, 2.05) is 27.7 Å². The maximum atomic E-state index is 10.5. The number of benzene rings is 1. The number of hydrogen-bond acceptors (Lipinski definition) is 5. The lowest BCUT2D eigenvalue weighted by molar-refractivity contribution is 0.0894. The molecule has 0 aromatic heterocycles. The zero-order valence-electron chi connectivity index (χ0n) is 17.0. The van der Waals surface area contributed by atoms with Crippen molar-refractivity contribution in [2.75, 3.05) is 6.61 Å². The van der Waals surface area contributed by atoms with Crippen LogP contribution in [0.15, 0.2) is 39.4 Å². The highest BCUT2D eigenvalue weighted by Crippen LogP contribution is 2.39. The Morgan fingerprint density at radius 3 is 2.08 bits per heavy atom. The molecule has 0 aliphatic carbocycles. The Morgan fingerprint density at radius 2 is 1.62 bits per heavy atom. The lowest BCUT2D eigenvalue weighted by atomic mass is 9.87. The van der Waals surface area contributed by atoms with Crippen molar-refractivity contribution in [3.63, 3.8) is 0 Å². The Balaban J connectivity index is 2.90. The third kappa shape index (κ3) is 8.70. The minimum atomic E-state index is -1.24. The lowest BCUT2D eigenvalue weighted by Crippen LogP contribution is -2.20. The second kappa shape index (κ2) is 8.89. The Bertz CT molecular complexity index is 615. The summed E-state index contributed by atoms with van der Waals surface area (Å²) in [6.45, 7) is 14.8. The van der Waals surface area contributed by atoms with E-state index in [-0.39, 0.29) is 17.6 Å². The van der Waals surface area contributed by atoms with Crippen molar-refractivity contribution in [2.45, 2.75) is 82.0 Å². The van der Waals surface area contributed by atoms with Gasteiger partial charge in [0, 0.05) is 4.90 Å². The highest BCUT2D eigenvalue weighted by molar-refractivity contribution is 8.00. The van der Waals surface area contributed by atoms with E-state index in [1.165, 1.54) is 5.56 Å². The average Bonchev–Trinajstić information content (AvgIpc) is 2.49. The monoisotopic (exact) mass is 380 g/mol. The fraction of sp³-hybridized carbons (Fsp3) is 0.650. The van der Waals surface area contributed by atoms with Crippen LogP contribution in [0.1, 0.15) is 66.9 Å². The fourth-order valence-electron chi connectivity index (χ4n) is 2.21. The van der Waals surface area contributed by atoms with Crippen LogP contribution in [0.3, 0.4) is 0 Å². The Morgan fingerprint density at radius 1 is 1.04 bits per heavy atom. The quantitative estimate of drug-likeness (QED) is 0.253. The van der Waals surface area contributed by atoms with Gasteiger partial charge in [-0.05, 0) is 63.6 Å². The molecule has 0 spiro atoms. The molecule has 5 nitrogen and oxygen atoms in total. The molecule has 1 aromatic rings. The smallest absolute Gasteiger partial charge is 0.450 e.